The molecule has 0 radical (unpaired) electrons. The van der Waals surface area contributed by atoms with Crippen LogP contribution in [0.3, 0.4) is 0 Å². The molecule has 1 aromatic carbocycles. The van der Waals surface area contributed by atoms with E-state index < -0.39 is 0 Å². The summed E-state index contributed by atoms with van der Waals surface area (Å²) < 4.78 is 11.3. The Hall–Kier alpha value is -1.45. The maximum absolute atomic E-state index is 6.30. The lowest BCUT2D eigenvalue weighted by Crippen LogP contribution is -2.24. The highest BCUT2D eigenvalue weighted by molar-refractivity contribution is 6.30. The fourth-order valence-electron chi connectivity index (χ4n) is 2.88. The van der Waals surface area contributed by atoms with Gasteiger partial charge in [0.2, 0.25) is 0 Å². The number of furan rings is 1. The highest BCUT2D eigenvalue weighted by atomic mass is 35.5. The second kappa shape index (κ2) is 6.12. The van der Waals surface area contributed by atoms with E-state index >= 15 is 0 Å². The first-order valence-electron chi connectivity index (χ1n) is 7.43. The predicted molar refractivity (Wildman–Crippen MR) is 84.2 cm³/mol. The van der Waals surface area contributed by atoms with E-state index in [4.69, 9.17) is 20.8 Å². The number of fused-ring (bicyclic) bond motifs is 1. The predicted octanol–water partition coefficient (Wildman–Crippen LogP) is 4.27. The smallest absolute Gasteiger partial charge is 0.127 e. The van der Waals surface area contributed by atoms with E-state index in [1.54, 1.807) is 6.26 Å². The van der Waals surface area contributed by atoms with Gasteiger partial charge in [0.1, 0.15) is 11.5 Å². The highest BCUT2D eigenvalue weighted by Crippen LogP contribution is 2.39. The van der Waals surface area contributed by atoms with Crippen molar-refractivity contribution in [2.24, 2.45) is 0 Å². The molecule has 2 aromatic rings. The Balaban J connectivity index is 2.07. The minimum absolute atomic E-state index is 0.0502. The van der Waals surface area contributed by atoms with Gasteiger partial charge in [-0.05, 0) is 43.7 Å². The van der Waals surface area contributed by atoms with E-state index in [0.717, 1.165) is 53.7 Å². The molecule has 0 spiro atoms. The molecule has 1 N–H and O–H groups in total. The molecule has 1 atom stereocenters. The zero-order valence-electron chi connectivity index (χ0n) is 12.4. The number of rotatable bonds is 5. The zero-order chi connectivity index (χ0) is 14.8. The Morgan fingerprint density at radius 3 is 2.90 bits per heavy atom. The number of nitrogens with one attached hydrogen (secondary N) is 1. The Labute approximate surface area is 130 Å². The van der Waals surface area contributed by atoms with Crippen LogP contribution in [0, 0.1) is 6.92 Å². The molecule has 0 amide bonds. The molecule has 1 aliphatic heterocycles. The first-order chi connectivity index (χ1) is 10.2. The van der Waals surface area contributed by atoms with Gasteiger partial charge in [0.25, 0.3) is 0 Å². The summed E-state index contributed by atoms with van der Waals surface area (Å²) in [6.45, 7) is 5.80. The topological polar surface area (TPSA) is 34.4 Å². The molecule has 0 saturated heterocycles. The number of benzene rings is 1. The third kappa shape index (κ3) is 2.81. The van der Waals surface area contributed by atoms with Crippen LogP contribution in [0.1, 0.15) is 41.8 Å². The lowest BCUT2D eigenvalue weighted by molar-refractivity contribution is 0.350. The standard InChI is InChI=1S/C17H20ClNO2/c1-3-6-19-16(14-5-8-20-11(14)2)15-10-13(18)9-12-4-7-21-17(12)15/h5,8-10,16,19H,3-4,6-7H2,1-2H3. The maximum Gasteiger partial charge on any atom is 0.127 e. The second-order valence-corrected chi connectivity index (χ2v) is 5.84. The average molecular weight is 306 g/mol. The van der Waals surface area contributed by atoms with Crippen LogP contribution in [0.15, 0.2) is 28.9 Å². The van der Waals surface area contributed by atoms with Crippen molar-refractivity contribution in [3.63, 3.8) is 0 Å². The largest absolute Gasteiger partial charge is 0.493 e. The summed E-state index contributed by atoms with van der Waals surface area (Å²) in [6.07, 6.45) is 3.72. The van der Waals surface area contributed by atoms with Crippen LogP contribution in [-0.2, 0) is 6.42 Å². The van der Waals surface area contributed by atoms with Crippen molar-refractivity contribution < 1.29 is 9.15 Å². The van der Waals surface area contributed by atoms with Crippen LogP contribution in [0.4, 0.5) is 0 Å². The molecule has 3 rings (SSSR count). The lowest BCUT2D eigenvalue weighted by Gasteiger charge is -2.21. The summed E-state index contributed by atoms with van der Waals surface area (Å²) in [6, 6.07) is 6.08. The molecule has 0 saturated carbocycles. The summed E-state index contributed by atoms with van der Waals surface area (Å²) >= 11 is 6.30. The third-order valence-electron chi connectivity index (χ3n) is 3.90. The van der Waals surface area contributed by atoms with Gasteiger partial charge in [-0.15, -0.1) is 0 Å². The quantitative estimate of drug-likeness (QED) is 0.896. The van der Waals surface area contributed by atoms with Crippen molar-refractivity contribution in [1.29, 1.82) is 0 Å². The van der Waals surface area contributed by atoms with Gasteiger partial charge in [-0.2, -0.15) is 0 Å². The van der Waals surface area contributed by atoms with Crippen LogP contribution in [-0.4, -0.2) is 13.2 Å². The highest BCUT2D eigenvalue weighted by Gasteiger charge is 2.26. The van der Waals surface area contributed by atoms with Crippen molar-refractivity contribution in [2.45, 2.75) is 32.7 Å². The van der Waals surface area contributed by atoms with Crippen LogP contribution in [0.2, 0.25) is 5.02 Å². The van der Waals surface area contributed by atoms with Crippen LogP contribution in [0.25, 0.3) is 0 Å². The molecule has 0 fully saturated rings. The molecule has 112 valence electrons. The number of hydrogen-bond donors (Lipinski definition) is 1. The second-order valence-electron chi connectivity index (χ2n) is 5.40. The fourth-order valence-corrected chi connectivity index (χ4v) is 3.13. The molecule has 1 aromatic heterocycles. The van der Waals surface area contributed by atoms with Gasteiger partial charge in [-0.3, -0.25) is 0 Å². The van der Waals surface area contributed by atoms with Crippen molar-refractivity contribution >= 4 is 11.6 Å². The molecular weight excluding hydrogens is 286 g/mol. The minimum atomic E-state index is 0.0502. The van der Waals surface area contributed by atoms with Gasteiger partial charge in [-0.25, -0.2) is 0 Å². The summed E-state index contributed by atoms with van der Waals surface area (Å²) in [5.41, 5.74) is 3.44. The normalized spacial score (nSPS) is 14.8. The maximum atomic E-state index is 6.30. The molecule has 21 heavy (non-hydrogen) atoms. The number of halogens is 1. The Bertz CT molecular complexity index is 636. The molecule has 1 unspecified atom stereocenters. The molecule has 1 aliphatic rings. The Morgan fingerprint density at radius 1 is 1.33 bits per heavy atom. The van der Waals surface area contributed by atoms with Gasteiger partial charge >= 0.3 is 0 Å². The minimum Gasteiger partial charge on any atom is -0.493 e. The van der Waals surface area contributed by atoms with Crippen molar-refractivity contribution in [1.82, 2.24) is 5.32 Å². The molecule has 0 bridgehead atoms. The van der Waals surface area contributed by atoms with E-state index in [0.29, 0.717) is 0 Å². The van der Waals surface area contributed by atoms with Crippen LogP contribution >= 0.6 is 11.6 Å². The Kier molecular flexibility index (Phi) is 4.22. The first-order valence-corrected chi connectivity index (χ1v) is 7.81. The third-order valence-corrected chi connectivity index (χ3v) is 4.11. The molecule has 4 heteroatoms. The summed E-state index contributed by atoms with van der Waals surface area (Å²) in [5, 5.41) is 4.35. The number of hydrogen-bond acceptors (Lipinski definition) is 3. The van der Waals surface area contributed by atoms with Crippen molar-refractivity contribution in [3.8, 4) is 5.75 Å². The average Bonchev–Trinajstić information content (AvgIpc) is 3.08. The summed E-state index contributed by atoms with van der Waals surface area (Å²) in [5.74, 6) is 1.91. The van der Waals surface area contributed by atoms with Crippen LogP contribution in [0.5, 0.6) is 5.75 Å². The van der Waals surface area contributed by atoms with Crippen molar-refractivity contribution in [2.75, 3.05) is 13.2 Å². The lowest BCUT2D eigenvalue weighted by atomic mass is 9.96. The zero-order valence-corrected chi connectivity index (χ0v) is 13.2. The van der Waals surface area contributed by atoms with Gasteiger partial charge in [0, 0.05) is 22.6 Å². The number of aryl methyl sites for hydroxylation is 1. The van der Waals surface area contributed by atoms with E-state index in [-0.39, 0.29) is 6.04 Å². The van der Waals surface area contributed by atoms with Crippen molar-refractivity contribution in [3.05, 3.63) is 51.9 Å². The van der Waals surface area contributed by atoms with E-state index in [1.807, 2.05) is 25.1 Å². The Morgan fingerprint density at radius 2 is 2.19 bits per heavy atom. The SMILES string of the molecule is CCCNC(c1ccoc1C)c1cc(Cl)cc2c1OCC2. The van der Waals surface area contributed by atoms with Gasteiger partial charge < -0.3 is 14.5 Å². The summed E-state index contributed by atoms with van der Waals surface area (Å²) in [4.78, 5) is 0. The first kappa shape index (κ1) is 14.5. The van der Waals surface area contributed by atoms with E-state index in [2.05, 4.69) is 12.2 Å². The van der Waals surface area contributed by atoms with Gasteiger partial charge in [0.05, 0.1) is 18.9 Å². The monoisotopic (exact) mass is 305 g/mol. The molecule has 2 heterocycles. The number of ether oxygens (including phenoxy) is 1. The summed E-state index contributed by atoms with van der Waals surface area (Å²) in [7, 11) is 0. The van der Waals surface area contributed by atoms with Crippen LogP contribution < -0.4 is 10.1 Å². The van der Waals surface area contributed by atoms with E-state index in [9.17, 15) is 0 Å². The van der Waals surface area contributed by atoms with Gasteiger partial charge in [-0.1, -0.05) is 18.5 Å². The molecule has 0 aliphatic carbocycles. The fraction of sp³-hybridized carbons (Fsp3) is 0.412. The molecular formula is C17H20ClNO2. The van der Waals surface area contributed by atoms with E-state index in [1.165, 1.54) is 5.56 Å². The molecule has 3 nitrogen and oxygen atoms in total. The van der Waals surface area contributed by atoms with Gasteiger partial charge in [0.15, 0.2) is 0 Å².